The first-order valence-electron chi connectivity index (χ1n) is 8.04. The van der Waals surface area contributed by atoms with Gasteiger partial charge in [0.25, 0.3) is 5.91 Å². The fourth-order valence-corrected chi connectivity index (χ4v) is 2.17. The van der Waals surface area contributed by atoms with Crippen LogP contribution in [0, 0.1) is 13.8 Å². The predicted molar refractivity (Wildman–Crippen MR) is 97.7 cm³/mol. The normalized spacial score (nSPS) is 10.9. The Kier molecular flexibility index (Phi) is 7.10. The van der Waals surface area contributed by atoms with E-state index in [-0.39, 0.29) is 24.0 Å². The van der Waals surface area contributed by atoms with Crippen LogP contribution in [0.3, 0.4) is 0 Å². The molecule has 0 bridgehead atoms. The summed E-state index contributed by atoms with van der Waals surface area (Å²) in [4.78, 5) is 16.8. The van der Waals surface area contributed by atoms with Crippen molar-refractivity contribution < 1.29 is 27.9 Å². The molecule has 1 amide bonds. The highest BCUT2D eigenvalue weighted by Crippen LogP contribution is 2.28. The predicted octanol–water partition coefficient (Wildman–Crippen LogP) is 3.90. The molecule has 144 valence electrons. The smallest absolute Gasteiger partial charge is 0.387 e. The van der Waals surface area contributed by atoms with E-state index in [9.17, 15) is 13.6 Å². The van der Waals surface area contributed by atoms with E-state index in [4.69, 9.17) is 9.57 Å². The van der Waals surface area contributed by atoms with Gasteiger partial charge >= 0.3 is 6.61 Å². The molecule has 2 aromatic carbocycles. The molecule has 0 aliphatic heterocycles. The molecule has 8 heteroatoms. The van der Waals surface area contributed by atoms with Crippen molar-refractivity contribution in [1.29, 1.82) is 0 Å². The minimum Gasteiger partial charge on any atom is -0.493 e. The number of benzene rings is 2. The molecule has 2 aromatic rings. The van der Waals surface area contributed by atoms with Gasteiger partial charge in [0.05, 0.1) is 13.3 Å². The molecule has 0 saturated heterocycles. The second-order valence-corrected chi connectivity index (χ2v) is 5.64. The van der Waals surface area contributed by atoms with Gasteiger partial charge in [-0.15, -0.1) is 0 Å². The molecule has 0 atom stereocenters. The summed E-state index contributed by atoms with van der Waals surface area (Å²) in [7, 11) is 1.34. The van der Waals surface area contributed by atoms with Crippen LogP contribution in [0.15, 0.2) is 41.6 Å². The number of carbonyl (C=O) groups is 1. The average molecular weight is 378 g/mol. The molecule has 0 saturated carbocycles. The number of halogens is 2. The SMILES string of the molecule is COc1cc(/C=N\OCC(=O)Nc2ccc(C)c(C)c2)ccc1OC(F)F. The van der Waals surface area contributed by atoms with Crippen LogP contribution in [0.1, 0.15) is 16.7 Å². The van der Waals surface area contributed by atoms with Crippen molar-refractivity contribution in [2.45, 2.75) is 20.5 Å². The van der Waals surface area contributed by atoms with Crippen molar-refractivity contribution in [3.05, 3.63) is 53.1 Å². The van der Waals surface area contributed by atoms with Gasteiger partial charge < -0.3 is 19.6 Å². The highest BCUT2D eigenvalue weighted by atomic mass is 19.3. The maximum absolute atomic E-state index is 12.3. The lowest BCUT2D eigenvalue weighted by Crippen LogP contribution is -2.17. The second-order valence-electron chi connectivity index (χ2n) is 5.64. The summed E-state index contributed by atoms with van der Waals surface area (Å²) in [5.74, 6) is -0.307. The summed E-state index contributed by atoms with van der Waals surface area (Å²) in [5.41, 5.74) is 3.41. The Hall–Kier alpha value is -3.16. The molecular formula is C19H20F2N2O4. The first kappa shape index (κ1) is 20.2. The molecule has 0 aromatic heterocycles. The molecule has 2 rings (SSSR count). The fraction of sp³-hybridized carbons (Fsp3) is 0.263. The zero-order valence-electron chi connectivity index (χ0n) is 15.2. The zero-order valence-corrected chi connectivity index (χ0v) is 15.2. The van der Waals surface area contributed by atoms with Gasteiger partial charge in [0.2, 0.25) is 0 Å². The van der Waals surface area contributed by atoms with Gasteiger partial charge in [-0.25, -0.2) is 0 Å². The van der Waals surface area contributed by atoms with Crippen LogP contribution in [0.25, 0.3) is 0 Å². The highest BCUT2D eigenvalue weighted by molar-refractivity contribution is 5.91. The Labute approximate surface area is 155 Å². The van der Waals surface area contributed by atoms with Crippen LogP contribution in [-0.2, 0) is 9.63 Å². The number of carbonyl (C=O) groups excluding carboxylic acids is 1. The number of nitrogens with zero attached hydrogens (tertiary/aromatic N) is 1. The molecule has 0 heterocycles. The van der Waals surface area contributed by atoms with Crippen LogP contribution >= 0.6 is 0 Å². The molecular weight excluding hydrogens is 358 g/mol. The second kappa shape index (κ2) is 9.51. The van der Waals surface area contributed by atoms with Crippen LogP contribution < -0.4 is 14.8 Å². The summed E-state index contributed by atoms with van der Waals surface area (Å²) < 4.78 is 33.9. The van der Waals surface area contributed by atoms with Gasteiger partial charge in [0, 0.05) is 11.3 Å². The van der Waals surface area contributed by atoms with Crippen molar-refractivity contribution in [3.8, 4) is 11.5 Å². The van der Waals surface area contributed by atoms with Crippen LogP contribution in [0.4, 0.5) is 14.5 Å². The third-order valence-electron chi connectivity index (χ3n) is 3.67. The van der Waals surface area contributed by atoms with Crippen LogP contribution in [0.5, 0.6) is 11.5 Å². The number of nitrogens with one attached hydrogen (secondary N) is 1. The van der Waals surface area contributed by atoms with E-state index in [1.807, 2.05) is 26.0 Å². The Bertz CT molecular complexity index is 825. The lowest BCUT2D eigenvalue weighted by atomic mass is 10.1. The molecule has 0 aliphatic carbocycles. The standard InChI is InChI=1S/C19H20F2N2O4/c1-12-4-6-15(8-13(12)2)23-18(24)11-26-22-10-14-5-7-16(27-19(20)21)17(9-14)25-3/h4-10,19H,11H2,1-3H3,(H,23,24)/b22-10-. The molecule has 6 nitrogen and oxygen atoms in total. The van der Waals surface area contributed by atoms with E-state index in [2.05, 4.69) is 15.2 Å². The first-order valence-corrected chi connectivity index (χ1v) is 8.04. The van der Waals surface area contributed by atoms with Crippen molar-refractivity contribution in [3.63, 3.8) is 0 Å². The number of oxime groups is 1. The summed E-state index contributed by atoms with van der Waals surface area (Å²) in [6.45, 7) is 0.725. The Morgan fingerprint density at radius 3 is 2.59 bits per heavy atom. The van der Waals surface area contributed by atoms with E-state index >= 15 is 0 Å². The summed E-state index contributed by atoms with van der Waals surface area (Å²) in [5, 5.41) is 6.40. The largest absolute Gasteiger partial charge is 0.493 e. The van der Waals surface area contributed by atoms with E-state index in [1.165, 1.54) is 31.5 Å². The van der Waals surface area contributed by atoms with Crippen LogP contribution in [-0.4, -0.2) is 32.4 Å². The number of alkyl halides is 2. The molecule has 0 spiro atoms. The fourth-order valence-electron chi connectivity index (χ4n) is 2.17. The first-order chi connectivity index (χ1) is 12.9. The molecule has 0 aliphatic rings. The number of hydrogen-bond donors (Lipinski definition) is 1. The van der Waals surface area contributed by atoms with Crippen molar-refractivity contribution in [2.75, 3.05) is 19.0 Å². The Morgan fingerprint density at radius 1 is 1.15 bits per heavy atom. The lowest BCUT2D eigenvalue weighted by Gasteiger charge is -2.10. The maximum atomic E-state index is 12.3. The summed E-state index contributed by atoms with van der Waals surface area (Å²) in [6, 6.07) is 9.88. The number of hydrogen-bond acceptors (Lipinski definition) is 5. The zero-order chi connectivity index (χ0) is 19.8. The Morgan fingerprint density at radius 2 is 1.93 bits per heavy atom. The molecule has 27 heavy (non-hydrogen) atoms. The third kappa shape index (κ3) is 6.25. The quantitative estimate of drug-likeness (QED) is 0.559. The highest BCUT2D eigenvalue weighted by Gasteiger charge is 2.10. The molecule has 0 fully saturated rings. The van der Waals surface area contributed by atoms with E-state index in [0.29, 0.717) is 11.3 Å². The number of ether oxygens (including phenoxy) is 2. The number of anilines is 1. The lowest BCUT2D eigenvalue weighted by molar-refractivity contribution is -0.120. The summed E-state index contributed by atoms with van der Waals surface area (Å²) in [6.07, 6.45) is 1.33. The third-order valence-corrected chi connectivity index (χ3v) is 3.67. The van der Waals surface area contributed by atoms with E-state index < -0.39 is 6.61 Å². The van der Waals surface area contributed by atoms with Crippen molar-refractivity contribution >= 4 is 17.8 Å². The molecule has 0 radical (unpaired) electrons. The summed E-state index contributed by atoms with van der Waals surface area (Å²) >= 11 is 0. The average Bonchev–Trinajstić information content (AvgIpc) is 2.62. The van der Waals surface area contributed by atoms with Crippen LogP contribution in [0.2, 0.25) is 0 Å². The molecule has 1 N–H and O–H groups in total. The Balaban J connectivity index is 1.87. The van der Waals surface area contributed by atoms with Gasteiger partial charge in [0.1, 0.15) is 0 Å². The maximum Gasteiger partial charge on any atom is 0.387 e. The monoisotopic (exact) mass is 378 g/mol. The van der Waals surface area contributed by atoms with Crippen molar-refractivity contribution in [2.24, 2.45) is 5.16 Å². The molecule has 0 unspecified atom stereocenters. The number of aryl methyl sites for hydroxylation is 2. The number of rotatable bonds is 8. The minimum atomic E-state index is -2.95. The van der Waals surface area contributed by atoms with Gasteiger partial charge in [-0.3, -0.25) is 4.79 Å². The van der Waals surface area contributed by atoms with E-state index in [0.717, 1.165) is 11.1 Å². The minimum absolute atomic E-state index is 0.0849. The number of amides is 1. The van der Waals surface area contributed by atoms with Crippen molar-refractivity contribution in [1.82, 2.24) is 0 Å². The van der Waals surface area contributed by atoms with E-state index in [1.54, 1.807) is 6.07 Å². The topological polar surface area (TPSA) is 69.2 Å². The van der Waals surface area contributed by atoms with Gasteiger partial charge in [-0.05, 0) is 55.3 Å². The van der Waals surface area contributed by atoms with Gasteiger partial charge in [0.15, 0.2) is 18.1 Å². The number of methoxy groups -OCH3 is 1. The van der Waals surface area contributed by atoms with Gasteiger partial charge in [-0.1, -0.05) is 11.2 Å². The van der Waals surface area contributed by atoms with Gasteiger partial charge in [-0.2, -0.15) is 8.78 Å².